The molecule has 0 bridgehead atoms. The maximum Gasteiger partial charge on any atom is 0.404 e. The van der Waals surface area contributed by atoms with E-state index in [9.17, 15) is 9.59 Å². The molecule has 2 atom stereocenters. The van der Waals surface area contributed by atoms with Crippen molar-refractivity contribution in [1.29, 1.82) is 0 Å². The van der Waals surface area contributed by atoms with Crippen LogP contribution in [0.15, 0.2) is 12.1 Å². The van der Waals surface area contributed by atoms with Crippen LogP contribution in [0.1, 0.15) is 43.5 Å². The van der Waals surface area contributed by atoms with Crippen LogP contribution in [-0.2, 0) is 20.7 Å². The van der Waals surface area contributed by atoms with Crippen molar-refractivity contribution in [2.45, 2.75) is 50.8 Å². The molecule has 1 saturated heterocycles. The average Bonchev–Trinajstić information content (AvgIpc) is 3.62. The van der Waals surface area contributed by atoms with Gasteiger partial charge in [-0.25, -0.2) is 9.78 Å². The molecule has 0 aromatic carbocycles. The van der Waals surface area contributed by atoms with Gasteiger partial charge in [-0.05, 0) is 44.2 Å². The van der Waals surface area contributed by atoms with Gasteiger partial charge >= 0.3 is 6.09 Å². The van der Waals surface area contributed by atoms with Crippen molar-refractivity contribution in [3.05, 3.63) is 23.4 Å². The van der Waals surface area contributed by atoms with Crippen molar-refractivity contribution < 1.29 is 28.9 Å². The molecule has 178 valence electrons. The van der Waals surface area contributed by atoms with Gasteiger partial charge in [0.25, 0.3) is 5.91 Å². The highest BCUT2D eigenvalue weighted by Crippen LogP contribution is 2.36. The molecule has 1 aliphatic carbocycles. The maximum absolute atomic E-state index is 13.3. The predicted octanol–water partition coefficient (Wildman–Crippen LogP) is 1.35. The van der Waals surface area contributed by atoms with E-state index in [0.29, 0.717) is 51.6 Å². The van der Waals surface area contributed by atoms with Gasteiger partial charge in [-0.2, -0.15) is 0 Å². The molecule has 2 fully saturated rings. The number of carboxylic acid groups (broad SMARTS) is 1. The molecule has 10 nitrogen and oxygen atoms in total. The van der Waals surface area contributed by atoms with E-state index in [1.165, 1.54) is 0 Å². The zero-order valence-electron chi connectivity index (χ0n) is 18.8. The molecular weight excluding hydrogens is 416 g/mol. The molecular formula is C22H34N4O6. The van der Waals surface area contributed by atoms with Crippen LogP contribution in [0.25, 0.3) is 0 Å². The monoisotopic (exact) mass is 450 g/mol. The van der Waals surface area contributed by atoms with Crippen molar-refractivity contribution in [2.24, 2.45) is 0 Å². The lowest BCUT2D eigenvalue weighted by molar-refractivity contribution is -0.148. The number of ether oxygens (including phenoxy) is 3. The van der Waals surface area contributed by atoms with E-state index < -0.39 is 12.2 Å². The second-order valence-corrected chi connectivity index (χ2v) is 8.12. The quantitative estimate of drug-likeness (QED) is 0.408. The fraction of sp³-hybridized carbons (Fsp3) is 0.682. The van der Waals surface area contributed by atoms with Crippen LogP contribution >= 0.6 is 0 Å². The first kappa shape index (κ1) is 24.2. The third kappa shape index (κ3) is 7.04. The standard InChI is InChI=1S/C22H34N4O6/c1-15(26(18-5-6-18)21(27)19-14-23-8-9-31-19)16-12-17(4-3-7-24-22(28)29)25-20(13-16)32-11-10-30-2/h12-13,15,18-19,23-24H,3-11,14H2,1-2H3,(H,28,29). The van der Waals surface area contributed by atoms with Crippen LogP contribution in [0, 0.1) is 0 Å². The number of morpholine rings is 1. The summed E-state index contributed by atoms with van der Waals surface area (Å²) in [7, 11) is 1.61. The summed E-state index contributed by atoms with van der Waals surface area (Å²) in [5.41, 5.74) is 1.74. The lowest BCUT2D eigenvalue weighted by atomic mass is 10.0. The number of carbonyl (C=O) groups is 2. The van der Waals surface area contributed by atoms with Gasteiger partial charge in [-0.1, -0.05) is 0 Å². The SMILES string of the molecule is COCCOc1cc(C(C)N(C(=O)C2CNCCO2)C2CC2)cc(CCCNC(=O)O)n1. The normalized spacial score (nSPS) is 19.2. The van der Waals surface area contributed by atoms with Crippen LogP contribution in [0.4, 0.5) is 4.79 Å². The number of pyridine rings is 1. The Morgan fingerprint density at radius 2 is 2.19 bits per heavy atom. The Balaban J connectivity index is 1.76. The Hall–Kier alpha value is -2.43. The average molecular weight is 451 g/mol. The maximum atomic E-state index is 13.3. The third-order valence-corrected chi connectivity index (χ3v) is 5.60. The number of hydrogen-bond acceptors (Lipinski definition) is 7. The summed E-state index contributed by atoms with van der Waals surface area (Å²) >= 11 is 0. The molecule has 1 aliphatic heterocycles. The summed E-state index contributed by atoms with van der Waals surface area (Å²) in [5.74, 6) is 0.490. The van der Waals surface area contributed by atoms with E-state index in [1.807, 2.05) is 24.0 Å². The minimum atomic E-state index is -1.04. The van der Waals surface area contributed by atoms with Crippen LogP contribution in [0.2, 0.25) is 0 Å². The fourth-order valence-electron chi connectivity index (χ4n) is 3.81. The van der Waals surface area contributed by atoms with Crippen molar-refractivity contribution in [3.63, 3.8) is 0 Å². The molecule has 0 radical (unpaired) electrons. The summed E-state index contributed by atoms with van der Waals surface area (Å²) in [6.07, 6.45) is 1.68. The van der Waals surface area contributed by atoms with E-state index in [-0.39, 0.29) is 18.0 Å². The molecule has 10 heteroatoms. The second-order valence-electron chi connectivity index (χ2n) is 8.12. The number of nitrogens with one attached hydrogen (secondary N) is 2. The molecule has 1 aromatic heterocycles. The molecule has 32 heavy (non-hydrogen) atoms. The van der Waals surface area contributed by atoms with Crippen LogP contribution in [-0.4, -0.2) is 85.7 Å². The molecule has 2 amide bonds. The van der Waals surface area contributed by atoms with Gasteiger partial charge in [-0.3, -0.25) is 4.79 Å². The molecule has 2 heterocycles. The number of aryl methyl sites for hydroxylation is 1. The molecule has 3 N–H and O–H groups in total. The number of nitrogens with zero attached hydrogens (tertiary/aromatic N) is 2. The number of aromatic nitrogens is 1. The van der Waals surface area contributed by atoms with Crippen LogP contribution in [0.3, 0.4) is 0 Å². The Labute approximate surface area is 188 Å². The largest absolute Gasteiger partial charge is 0.475 e. The van der Waals surface area contributed by atoms with Gasteiger partial charge in [0.2, 0.25) is 5.88 Å². The highest BCUT2D eigenvalue weighted by molar-refractivity contribution is 5.82. The van der Waals surface area contributed by atoms with Gasteiger partial charge in [0.05, 0.1) is 19.3 Å². The van der Waals surface area contributed by atoms with E-state index in [4.69, 9.17) is 19.3 Å². The van der Waals surface area contributed by atoms with E-state index in [0.717, 1.165) is 30.6 Å². The first-order valence-corrected chi connectivity index (χ1v) is 11.2. The van der Waals surface area contributed by atoms with Crippen LogP contribution < -0.4 is 15.4 Å². The lowest BCUT2D eigenvalue weighted by Gasteiger charge is -2.34. The molecule has 3 rings (SSSR count). The molecule has 1 saturated carbocycles. The third-order valence-electron chi connectivity index (χ3n) is 5.60. The first-order valence-electron chi connectivity index (χ1n) is 11.2. The Morgan fingerprint density at radius 1 is 1.38 bits per heavy atom. The molecule has 1 aromatic rings. The van der Waals surface area contributed by atoms with Crippen LogP contribution in [0.5, 0.6) is 5.88 Å². The first-order chi connectivity index (χ1) is 15.5. The van der Waals surface area contributed by atoms with Gasteiger partial charge in [-0.15, -0.1) is 0 Å². The molecule has 2 unspecified atom stereocenters. The van der Waals surface area contributed by atoms with Gasteiger partial charge in [0.1, 0.15) is 12.7 Å². The van der Waals surface area contributed by atoms with Gasteiger partial charge in [0.15, 0.2) is 0 Å². The number of rotatable bonds is 12. The topological polar surface area (TPSA) is 122 Å². The lowest BCUT2D eigenvalue weighted by Crippen LogP contribution is -2.50. The highest BCUT2D eigenvalue weighted by Gasteiger charge is 2.40. The minimum Gasteiger partial charge on any atom is -0.475 e. The summed E-state index contributed by atoms with van der Waals surface area (Å²) in [6, 6.07) is 3.92. The fourth-order valence-corrected chi connectivity index (χ4v) is 3.81. The Morgan fingerprint density at radius 3 is 2.84 bits per heavy atom. The smallest absolute Gasteiger partial charge is 0.404 e. The van der Waals surface area contributed by atoms with E-state index >= 15 is 0 Å². The summed E-state index contributed by atoms with van der Waals surface area (Å²) in [5, 5.41) is 14.4. The van der Waals surface area contributed by atoms with Gasteiger partial charge in [0, 0.05) is 44.5 Å². The van der Waals surface area contributed by atoms with Crippen molar-refractivity contribution in [3.8, 4) is 5.88 Å². The number of hydrogen-bond donors (Lipinski definition) is 3. The van der Waals surface area contributed by atoms with Crippen molar-refractivity contribution in [1.82, 2.24) is 20.5 Å². The highest BCUT2D eigenvalue weighted by atomic mass is 16.5. The number of amides is 2. The predicted molar refractivity (Wildman–Crippen MR) is 117 cm³/mol. The van der Waals surface area contributed by atoms with E-state index in [1.54, 1.807) is 7.11 Å². The zero-order chi connectivity index (χ0) is 22.9. The van der Waals surface area contributed by atoms with Crippen molar-refractivity contribution >= 4 is 12.0 Å². The minimum absolute atomic E-state index is 0.0121. The number of carbonyl (C=O) groups excluding carboxylic acids is 1. The zero-order valence-corrected chi connectivity index (χ0v) is 18.8. The second kappa shape index (κ2) is 12.0. The van der Waals surface area contributed by atoms with E-state index in [2.05, 4.69) is 15.6 Å². The summed E-state index contributed by atoms with van der Waals surface area (Å²) in [4.78, 5) is 30.5. The Kier molecular flexibility index (Phi) is 9.07. The summed E-state index contributed by atoms with van der Waals surface area (Å²) in [6.45, 7) is 5.00. The van der Waals surface area contributed by atoms with Gasteiger partial charge < -0.3 is 34.9 Å². The Bertz CT molecular complexity index is 767. The number of methoxy groups -OCH3 is 1. The molecule has 2 aliphatic rings. The summed E-state index contributed by atoms with van der Waals surface area (Å²) < 4.78 is 16.6. The molecule has 0 spiro atoms. The van der Waals surface area contributed by atoms with Crippen molar-refractivity contribution in [2.75, 3.05) is 46.6 Å².